The molecule has 1 atom stereocenters. The highest BCUT2D eigenvalue weighted by atomic mass is 32.2. The number of benzene rings is 2. The van der Waals surface area contributed by atoms with E-state index in [2.05, 4.69) is 20.8 Å². The lowest BCUT2D eigenvalue weighted by Gasteiger charge is -2.16. The first-order valence-corrected chi connectivity index (χ1v) is 10.5. The van der Waals surface area contributed by atoms with Gasteiger partial charge in [-0.05, 0) is 41.8 Å². The van der Waals surface area contributed by atoms with Crippen LogP contribution in [0.2, 0.25) is 0 Å². The Labute approximate surface area is 168 Å². The maximum atomic E-state index is 12.8. The van der Waals surface area contributed by atoms with E-state index in [1.54, 1.807) is 0 Å². The molecule has 0 unspecified atom stereocenters. The third kappa shape index (κ3) is 4.09. The Morgan fingerprint density at radius 1 is 1.11 bits per heavy atom. The number of carbonyl (C=O) groups excluding carboxylic acids is 1. The van der Waals surface area contributed by atoms with Gasteiger partial charge < -0.3 is 5.32 Å². The van der Waals surface area contributed by atoms with Crippen LogP contribution in [0.4, 0.5) is 5.69 Å². The van der Waals surface area contributed by atoms with E-state index in [1.165, 1.54) is 24.6 Å². The molecule has 1 N–H and O–H groups in total. The van der Waals surface area contributed by atoms with Crippen molar-refractivity contribution in [2.45, 2.75) is 49.1 Å². The number of anilines is 1. The van der Waals surface area contributed by atoms with Crippen LogP contribution in [0.1, 0.15) is 38.6 Å². The summed E-state index contributed by atoms with van der Waals surface area (Å²) in [5.74, 6) is -0.0608. The summed E-state index contributed by atoms with van der Waals surface area (Å²) < 4.78 is 1.89. The Bertz CT molecular complexity index is 937. The fourth-order valence-electron chi connectivity index (χ4n) is 3.55. The number of amides is 1. The number of rotatable bonds is 6. The molecule has 6 nitrogen and oxygen atoms in total. The van der Waals surface area contributed by atoms with Gasteiger partial charge in [0.25, 0.3) is 0 Å². The Morgan fingerprint density at radius 3 is 2.61 bits per heavy atom. The zero-order chi connectivity index (χ0) is 19.3. The number of carbonyl (C=O) groups is 1. The molecule has 7 heteroatoms. The maximum Gasteiger partial charge on any atom is 0.237 e. The van der Waals surface area contributed by atoms with E-state index in [1.807, 2.05) is 66.2 Å². The highest BCUT2D eigenvalue weighted by Gasteiger charge is 2.25. The summed E-state index contributed by atoms with van der Waals surface area (Å²) in [6.45, 7) is 1.89. The molecule has 1 aliphatic carbocycles. The largest absolute Gasteiger partial charge is 0.325 e. The van der Waals surface area contributed by atoms with Crippen molar-refractivity contribution in [3.05, 3.63) is 54.6 Å². The number of aromatic nitrogens is 4. The lowest BCUT2D eigenvalue weighted by atomic mass is 10.0. The zero-order valence-corrected chi connectivity index (χ0v) is 16.6. The molecule has 0 aliphatic heterocycles. The highest BCUT2D eigenvalue weighted by Crippen LogP contribution is 2.33. The second kappa shape index (κ2) is 8.56. The van der Waals surface area contributed by atoms with Crippen molar-refractivity contribution in [2.75, 3.05) is 5.32 Å². The predicted octanol–water partition coefficient (Wildman–Crippen LogP) is 4.57. The minimum absolute atomic E-state index is 0.0608. The first kappa shape index (κ1) is 18.7. The van der Waals surface area contributed by atoms with Crippen molar-refractivity contribution in [2.24, 2.45) is 0 Å². The molecular weight excluding hydrogens is 370 g/mol. The van der Waals surface area contributed by atoms with Gasteiger partial charge in [0.2, 0.25) is 11.1 Å². The molecule has 1 heterocycles. The van der Waals surface area contributed by atoms with E-state index in [0.29, 0.717) is 11.2 Å². The van der Waals surface area contributed by atoms with Crippen LogP contribution < -0.4 is 5.32 Å². The summed E-state index contributed by atoms with van der Waals surface area (Å²) in [7, 11) is 0. The average Bonchev–Trinajstić information content (AvgIpc) is 3.40. The molecule has 3 aromatic rings. The minimum atomic E-state index is -0.310. The third-order valence-corrected chi connectivity index (χ3v) is 6.10. The predicted molar refractivity (Wildman–Crippen MR) is 111 cm³/mol. The van der Waals surface area contributed by atoms with Crippen molar-refractivity contribution in [3.8, 4) is 11.1 Å². The monoisotopic (exact) mass is 393 g/mol. The van der Waals surface area contributed by atoms with E-state index < -0.39 is 0 Å². The van der Waals surface area contributed by atoms with Gasteiger partial charge in [-0.3, -0.25) is 4.79 Å². The maximum absolute atomic E-state index is 12.8. The second-order valence-electron chi connectivity index (χ2n) is 7.01. The smallest absolute Gasteiger partial charge is 0.237 e. The van der Waals surface area contributed by atoms with Crippen LogP contribution in [0, 0.1) is 0 Å². The van der Waals surface area contributed by atoms with Crippen LogP contribution in [0.3, 0.4) is 0 Å². The van der Waals surface area contributed by atoms with Gasteiger partial charge >= 0.3 is 0 Å². The quantitative estimate of drug-likeness (QED) is 0.621. The lowest BCUT2D eigenvalue weighted by Crippen LogP contribution is -2.23. The molecule has 1 aliphatic rings. The average molecular weight is 394 g/mol. The Balaban J connectivity index is 1.47. The minimum Gasteiger partial charge on any atom is -0.325 e. The standard InChI is InChI=1S/C21H23N5OS/c1-15(28-21-23-24-25-26(21)17-11-5-6-12-17)20(27)22-19-14-8-7-13-18(19)16-9-3-2-4-10-16/h2-4,7-10,13-15,17H,5-6,11-12H2,1H3,(H,22,27)/t15-/m1/s1. The summed E-state index contributed by atoms with van der Waals surface area (Å²) in [6.07, 6.45) is 4.62. The van der Waals surface area contributed by atoms with E-state index in [4.69, 9.17) is 0 Å². The first-order valence-electron chi connectivity index (χ1n) is 9.62. The Kier molecular flexibility index (Phi) is 5.71. The summed E-state index contributed by atoms with van der Waals surface area (Å²) >= 11 is 1.41. The lowest BCUT2D eigenvalue weighted by molar-refractivity contribution is -0.115. The topological polar surface area (TPSA) is 72.7 Å². The molecular formula is C21H23N5OS. The molecule has 28 heavy (non-hydrogen) atoms. The van der Waals surface area contributed by atoms with Gasteiger partial charge in [-0.1, -0.05) is 73.1 Å². The van der Waals surface area contributed by atoms with E-state index in [0.717, 1.165) is 29.7 Å². The molecule has 0 saturated heterocycles. The van der Waals surface area contributed by atoms with Crippen LogP contribution in [0.5, 0.6) is 0 Å². The number of nitrogens with zero attached hydrogens (tertiary/aromatic N) is 4. The number of tetrazole rings is 1. The van der Waals surface area contributed by atoms with E-state index >= 15 is 0 Å². The number of para-hydroxylation sites is 1. The zero-order valence-electron chi connectivity index (χ0n) is 15.8. The summed E-state index contributed by atoms with van der Waals surface area (Å²) in [5.41, 5.74) is 2.88. The molecule has 0 bridgehead atoms. The van der Waals surface area contributed by atoms with Gasteiger partial charge in [-0.25, -0.2) is 4.68 Å². The van der Waals surface area contributed by atoms with Gasteiger partial charge in [0.1, 0.15) is 0 Å². The van der Waals surface area contributed by atoms with Crippen LogP contribution in [-0.2, 0) is 4.79 Å². The number of nitrogens with one attached hydrogen (secondary N) is 1. The van der Waals surface area contributed by atoms with E-state index in [9.17, 15) is 4.79 Å². The molecule has 1 amide bonds. The van der Waals surface area contributed by atoms with Crippen LogP contribution in [-0.4, -0.2) is 31.4 Å². The van der Waals surface area contributed by atoms with Crippen molar-refractivity contribution >= 4 is 23.4 Å². The second-order valence-corrected chi connectivity index (χ2v) is 8.31. The van der Waals surface area contributed by atoms with Gasteiger partial charge in [0, 0.05) is 11.3 Å². The molecule has 2 aromatic carbocycles. The molecule has 0 spiro atoms. The SMILES string of the molecule is C[C@@H](Sc1nnnn1C1CCCC1)C(=O)Nc1ccccc1-c1ccccc1. The molecule has 0 radical (unpaired) electrons. The summed E-state index contributed by atoms with van der Waals surface area (Å²) in [6, 6.07) is 18.3. The fraction of sp³-hybridized carbons (Fsp3) is 0.333. The third-order valence-electron chi connectivity index (χ3n) is 5.05. The fourth-order valence-corrected chi connectivity index (χ4v) is 4.41. The van der Waals surface area contributed by atoms with Crippen molar-refractivity contribution in [3.63, 3.8) is 0 Å². The number of thioether (sulfide) groups is 1. The molecule has 1 aromatic heterocycles. The number of hydrogen-bond donors (Lipinski definition) is 1. The number of hydrogen-bond acceptors (Lipinski definition) is 5. The Hall–Kier alpha value is -2.67. The van der Waals surface area contributed by atoms with Gasteiger partial charge in [0.15, 0.2) is 0 Å². The van der Waals surface area contributed by atoms with Crippen molar-refractivity contribution in [1.82, 2.24) is 20.2 Å². The molecule has 1 fully saturated rings. The molecule has 1 saturated carbocycles. The molecule has 4 rings (SSSR count). The summed E-state index contributed by atoms with van der Waals surface area (Å²) in [5, 5.41) is 15.6. The Morgan fingerprint density at radius 2 is 1.82 bits per heavy atom. The van der Waals surface area contributed by atoms with Gasteiger partial charge in [0.05, 0.1) is 11.3 Å². The van der Waals surface area contributed by atoms with E-state index in [-0.39, 0.29) is 11.2 Å². The van der Waals surface area contributed by atoms with Gasteiger partial charge in [-0.15, -0.1) is 5.10 Å². The van der Waals surface area contributed by atoms with Crippen LogP contribution in [0.25, 0.3) is 11.1 Å². The first-order chi connectivity index (χ1) is 13.7. The van der Waals surface area contributed by atoms with Gasteiger partial charge in [-0.2, -0.15) is 0 Å². The van der Waals surface area contributed by atoms with Crippen LogP contribution in [0.15, 0.2) is 59.8 Å². The normalized spacial score (nSPS) is 15.5. The van der Waals surface area contributed by atoms with Crippen LogP contribution >= 0.6 is 11.8 Å². The highest BCUT2D eigenvalue weighted by molar-refractivity contribution is 8.00. The molecule has 144 valence electrons. The summed E-state index contributed by atoms with van der Waals surface area (Å²) in [4.78, 5) is 12.8. The van der Waals surface area contributed by atoms with Crippen molar-refractivity contribution in [1.29, 1.82) is 0 Å². The van der Waals surface area contributed by atoms with Crippen molar-refractivity contribution < 1.29 is 4.79 Å².